The first-order valence-corrected chi connectivity index (χ1v) is 9.39. The van der Waals surface area contributed by atoms with E-state index in [1.165, 1.54) is 0 Å². The number of hydrogen-bond acceptors (Lipinski definition) is 3. The van der Waals surface area contributed by atoms with E-state index >= 15 is 0 Å². The zero-order valence-corrected chi connectivity index (χ0v) is 15.0. The molecule has 2 aliphatic rings. The minimum Gasteiger partial charge on any atom is -0.393 e. The molecule has 25 heavy (non-hydrogen) atoms. The summed E-state index contributed by atoms with van der Waals surface area (Å²) in [7, 11) is 0. The maximum absolute atomic E-state index is 12.6. The summed E-state index contributed by atoms with van der Waals surface area (Å²) in [5.41, 5.74) is 1.01. The van der Waals surface area contributed by atoms with E-state index in [9.17, 15) is 14.7 Å². The fourth-order valence-corrected chi connectivity index (χ4v) is 3.76. The highest BCUT2D eigenvalue weighted by Crippen LogP contribution is 2.23. The molecular formula is C19H25ClN2O3. The van der Waals surface area contributed by atoms with Crippen molar-refractivity contribution in [2.45, 2.75) is 57.2 Å². The molecule has 0 unspecified atom stereocenters. The summed E-state index contributed by atoms with van der Waals surface area (Å²) in [6, 6.07) is 7.59. The Balaban J connectivity index is 1.55. The molecule has 1 aromatic carbocycles. The number of piperidine rings is 1. The first-order chi connectivity index (χ1) is 12.0. The molecule has 1 aromatic rings. The van der Waals surface area contributed by atoms with Gasteiger partial charge in [-0.05, 0) is 49.8 Å². The topological polar surface area (TPSA) is 69.6 Å². The van der Waals surface area contributed by atoms with Crippen molar-refractivity contribution in [3.63, 3.8) is 0 Å². The third-order valence-electron chi connectivity index (χ3n) is 5.20. The van der Waals surface area contributed by atoms with Gasteiger partial charge in [-0.25, -0.2) is 0 Å². The summed E-state index contributed by atoms with van der Waals surface area (Å²) in [4.78, 5) is 26.5. The number of likely N-dealkylation sites (tertiary alicyclic amines) is 1. The first-order valence-electron chi connectivity index (χ1n) is 9.02. The third kappa shape index (κ3) is 4.95. The van der Waals surface area contributed by atoms with E-state index in [1.807, 2.05) is 24.3 Å². The summed E-state index contributed by atoms with van der Waals surface area (Å²) in [6.07, 6.45) is 3.94. The number of amides is 2. The van der Waals surface area contributed by atoms with Crippen LogP contribution in [0.15, 0.2) is 24.3 Å². The minimum atomic E-state index is -0.227. The lowest BCUT2D eigenvalue weighted by atomic mass is 9.91. The van der Waals surface area contributed by atoms with Crippen LogP contribution in [0, 0.1) is 5.92 Å². The second-order valence-electron chi connectivity index (χ2n) is 7.15. The molecule has 2 fully saturated rings. The number of rotatable bonds is 4. The SMILES string of the molecule is O=C(NC1CCC(O)CC1)[C@@H]1CCC(=O)N(Cc2ccc(Cl)cc2)C1. The van der Waals surface area contributed by atoms with Crippen molar-refractivity contribution >= 4 is 23.4 Å². The number of nitrogens with one attached hydrogen (secondary N) is 1. The van der Waals surface area contributed by atoms with Gasteiger partial charge in [0.2, 0.25) is 11.8 Å². The van der Waals surface area contributed by atoms with Crippen LogP contribution in [0.5, 0.6) is 0 Å². The third-order valence-corrected chi connectivity index (χ3v) is 5.45. The fraction of sp³-hybridized carbons (Fsp3) is 0.579. The Morgan fingerprint density at radius 3 is 2.52 bits per heavy atom. The van der Waals surface area contributed by atoms with E-state index < -0.39 is 0 Å². The summed E-state index contributed by atoms with van der Waals surface area (Å²) in [6.45, 7) is 0.970. The second kappa shape index (κ2) is 8.19. The van der Waals surface area contributed by atoms with Crippen LogP contribution < -0.4 is 5.32 Å². The number of hydrogen-bond donors (Lipinski definition) is 2. The molecule has 2 N–H and O–H groups in total. The van der Waals surface area contributed by atoms with Gasteiger partial charge in [-0.15, -0.1) is 0 Å². The highest BCUT2D eigenvalue weighted by atomic mass is 35.5. The van der Waals surface area contributed by atoms with Crippen molar-refractivity contribution in [2.24, 2.45) is 5.92 Å². The molecule has 6 heteroatoms. The summed E-state index contributed by atoms with van der Waals surface area (Å²) >= 11 is 5.90. The van der Waals surface area contributed by atoms with E-state index in [0.29, 0.717) is 31.0 Å². The van der Waals surface area contributed by atoms with Gasteiger partial charge >= 0.3 is 0 Å². The lowest BCUT2D eigenvalue weighted by molar-refractivity contribution is -0.139. The molecule has 1 heterocycles. The Morgan fingerprint density at radius 2 is 1.84 bits per heavy atom. The zero-order chi connectivity index (χ0) is 17.8. The van der Waals surface area contributed by atoms with Crippen molar-refractivity contribution in [3.05, 3.63) is 34.9 Å². The summed E-state index contributed by atoms with van der Waals surface area (Å²) in [5.74, 6) is -0.0216. The van der Waals surface area contributed by atoms with Gasteiger partial charge in [0.05, 0.1) is 12.0 Å². The van der Waals surface area contributed by atoms with Crippen LogP contribution in [0.3, 0.4) is 0 Å². The lowest BCUT2D eigenvalue weighted by Gasteiger charge is -2.34. The maximum Gasteiger partial charge on any atom is 0.225 e. The van der Waals surface area contributed by atoms with Crippen LogP contribution >= 0.6 is 11.6 Å². The molecular weight excluding hydrogens is 340 g/mol. The molecule has 0 radical (unpaired) electrons. The standard InChI is InChI=1S/C19H25ClN2O3/c20-15-4-1-13(2-5-15)11-22-12-14(3-10-18(22)24)19(25)21-16-6-8-17(23)9-7-16/h1-2,4-5,14,16-17,23H,3,6-12H2,(H,21,25)/t14-,16?,17?/m1/s1. The van der Waals surface area contributed by atoms with Gasteiger partial charge in [0.1, 0.15) is 0 Å². The monoisotopic (exact) mass is 364 g/mol. The molecule has 2 amide bonds. The highest BCUT2D eigenvalue weighted by molar-refractivity contribution is 6.30. The molecule has 0 spiro atoms. The van der Waals surface area contributed by atoms with Crippen LogP contribution in [0.4, 0.5) is 0 Å². The van der Waals surface area contributed by atoms with Gasteiger partial charge in [-0.3, -0.25) is 9.59 Å². The smallest absolute Gasteiger partial charge is 0.225 e. The normalized spacial score (nSPS) is 27.2. The number of nitrogens with zero attached hydrogens (tertiary/aromatic N) is 1. The predicted molar refractivity (Wildman–Crippen MR) is 96.0 cm³/mol. The van der Waals surface area contributed by atoms with E-state index in [-0.39, 0.29) is 29.9 Å². The number of halogens is 1. The molecule has 0 bridgehead atoms. The molecule has 5 nitrogen and oxygen atoms in total. The van der Waals surface area contributed by atoms with Gasteiger partial charge in [-0.1, -0.05) is 23.7 Å². The maximum atomic E-state index is 12.6. The lowest BCUT2D eigenvalue weighted by Crippen LogP contribution is -2.48. The Kier molecular flexibility index (Phi) is 5.97. The van der Waals surface area contributed by atoms with E-state index in [1.54, 1.807) is 4.90 Å². The molecule has 0 aromatic heterocycles. The largest absolute Gasteiger partial charge is 0.393 e. The quantitative estimate of drug-likeness (QED) is 0.862. The van der Waals surface area contributed by atoms with Crippen LogP contribution in [0.1, 0.15) is 44.1 Å². The molecule has 3 rings (SSSR count). The Bertz CT molecular complexity index is 612. The zero-order valence-electron chi connectivity index (χ0n) is 14.3. The molecule has 1 atom stereocenters. The van der Waals surface area contributed by atoms with Crippen LogP contribution in [-0.2, 0) is 16.1 Å². The van der Waals surface area contributed by atoms with Crippen molar-refractivity contribution in [1.82, 2.24) is 10.2 Å². The second-order valence-corrected chi connectivity index (χ2v) is 7.59. The minimum absolute atomic E-state index is 0.0370. The highest BCUT2D eigenvalue weighted by Gasteiger charge is 2.31. The van der Waals surface area contributed by atoms with Gasteiger partial charge in [0, 0.05) is 30.6 Å². The van der Waals surface area contributed by atoms with E-state index in [2.05, 4.69) is 5.32 Å². The van der Waals surface area contributed by atoms with E-state index in [4.69, 9.17) is 11.6 Å². The van der Waals surface area contributed by atoms with Crippen molar-refractivity contribution < 1.29 is 14.7 Å². The van der Waals surface area contributed by atoms with Crippen LogP contribution in [0.25, 0.3) is 0 Å². The number of benzene rings is 1. The van der Waals surface area contributed by atoms with E-state index in [0.717, 1.165) is 31.2 Å². The average molecular weight is 365 g/mol. The van der Waals surface area contributed by atoms with Crippen LogP contribution in [0.2, 0.25) is 5.02 Å². The van der Waals surface area contributed by atoms with Gasteiger partial charge in [0.25, 0.3) is 0 Å². The first kappa shape index (κ1) is 18.2. The summed E-state index contributed by atoms with van der Waals surface area (Å²) < 4.78 is 0. The van der Waals surface area contributed by atoms with Gasteiger partial charge in [-0.2, -0.15) is 0 Å². The Labute approximate surface area is 153 Å². The Morgan fingerprint density at radius 1 is 1.16 bits per heavy atom. The molecule has 136 valence electrons. The van der Waals surface area contributed by atoms with Gasteiger partial charge in [0.15, 0.2) is 0 Å². The molecule has 1 aliphatic heterocycles. The number of aliphatic hydroxyl groups is 1. The predicted octanol–water partition coefficient (Wildman–Crippen LogP) is 2.50. The van der Waals surface area contributed by atoms with Crippen molar-refractivity contribution in [1.29, 1.82) is 0 Å². The van der Waals surface area contributed by atoms with Crippen molar-refractivity contribution in [3.8, 4) is 0 Å². The number of carbonyl (C=O) groups excluding carboxylic acids is 2. The van der Waals surface area contributed by atoms with Crippen LogP contribution in [-0.4, -0.2) is 40.5 Å². The van der Waals surface area contributed by atoms with Crippen molar-refractivity contribution in [2.75, 3.05) is 6.54 Å². The summed E-state index contributed by atoms with van der Waals surface area (Å²) in [5, 5.41) is 13.3. The number of carbonyl (C=O) groups is 2. The molecule has 1 saturated carbocycles. The molecule has 1 aliphatic carbocycles. The Hall–Kier alpha value is -1.59. The number of aliphatic hydroxyl groups excluding tert-OH is 1. The average Bonchev–Trinajstić information content (AvgIpc) is 2.60. The fourth-order valence-electron chi connectivity index (χ4n) is 3.63. The molecule has 1 saturated heterocycles. The van der Waals surface area contributed by atoms with Gasteiger partial charge < -0.3 is 15.3 Å².